The summed E-state index contributed by atoms with van der Waals surface area (Å²) in [4.78, 5) is 0. The fourth-order valence-corrected chi connectivity index (χ4v) is 4.40. The van der Waals surface area contributed by atoms with Crippen molar-refractivity contribution in [2.45, 2.75) is 158 Å². The van der Waals surface area contributed by atoms with E-state index in [1.165, 1.54) is 0 Å². The summed E-state index contributed by atoms with van der Waals surface area (Å²) < 4.78 is 34.7. The van der Waals surface area contributed by atoms with E-state index in [0.717, 1.165) is 19.3 Å². The molecule has 0 aromatic heterocycles. The lowest BCUT2D eigenvalue weighted by molar-refractivity contribution is 0.00194. The molecule has 3 unspecified atom stereocenters. The SMILES string of the molecule is CC(C)(C)OP(OC(C)(C)C)OC(C)(C)C.CCC(C)OP(OC(C)CC)OC(C)CC. The van der Waals surface area contributed by atoms with E-state index < -0.39 is 17.2 Å². The molecule has 0 fully saturated rings. The van der Waals surface area contributed by atoms with Crippen molar-refractivity contribution in [2.75, 3.05) is 0 Å². The standard InChI is InChI=1S/2C12H27O3P/c1-10(2,3)13-16(14-11(4,5)6)15-12(7,8)9;1-7-10(4)13-16(14-11(5)8-2)15-12(6)9-3/h1-9H3;10-12H,7-9H2,1-6H3. The normalized spacial score (nSPS) is 16.9. The second kappa shape index (κ2) is 16.3. The highest BCUT2D eigenvalue weighted by atomic mass is 31.2. The van der Waals surface area contributed by atoms with Crippen LogP contribution >= 0.6 is 17.2 Å². The van der Waals surface area contributed by atoms with E-state index in [-0.39, 0.29) is 35.1 Å². The molecule has 196 valence electrons. The number of hydrogen-bond donors (Lipinski definition) is 0. The summed E-state index contributed by atoms with van der Waals surface area (Å²) in [5.74, 6) is 0. The van der Waals surface area contributed by atoms with Crippen molar-refractivity contribution < 1.29 is 27.1 Å². The zero-order valence-corrected chi connectivity index (χ0v) is 25.5. The highest BCUT2D eigenvalue weighted by Gasteiger charge is 2.30. The van der Waals surface area contributed by atoms with Crippen LogP contribution in [0.25, 0.3) is 0 Å². The lowest BCUT2D eigenvalue weighted by Gasteiger charge is -2.33. The smallest absolute Gasteiger partial charge is 0.309 e. The van der Waals surface area contributed by atoms with Crippen LogP contribution in [0.15, 0.2) is 0 Å². The lowest BCUT2D eigenvalue weighted by atomic mass is 10.2. The molecule has 0 aromatic rings. The van der Waals surface area contributed by atoms with Gasteiger partial charge in [0, 0.05) is 0 Å². The molecule has 0 rings (SSSR count). The first-order valence-corrected chi connectivity index (χ1v) is 14.2. The van der Waals surface area contributed by atoms with E-state index >= 15 is 0 Å². The van der Waals surface area contributed by atoms with Gasteiger partial charge in [0.1, 0.15) is 0 Å². The summed E-state index contributed by atoms with van der Waals surface area (Å²) in [6.07, 6.45) is 3.52. The summed E-state index contributed by atoms with van der Waals surface area (Å²) in [5, 5.41) is 0. The molecule has 6 nitrogen and oxygen atoms in total. The lowest BCUT2D eigenvalue weighted by Crippen LogP contribution is -2.26. The van der Waals surface area contributed by atoms with Crippen LogP contribution in [0, 0.1) is 0 Å². The maximum absolute atomic E-state index is 5.81. The summed E-state index contributed by atoms with van der Waals surface area (Å²) in [5.41, 5.74) is -0.785. The third-order valence-electron chi connectivity index (χ3n) is 3.57. The average molecular weight is 501 g/mol. The Hall–Kier alpha value is 0.620. The maximum atomic E-state index is 5.81. The van der Waals surface area contributed by atoms with Gasteiger partial charge in [0.2, 0.25) is 0 Å². The van der Waals surface area contributed by atoms with Crippen LogP contribution in [0.1, 0.15) is 123 Å². The number of rotatable bonds is 12. The Balaban J connectivity index is 0. The Morgan fingerprint density at radius 2 is 0.688 bits per heavy atom. The van der Waals surface area contributed by atoms with Crippen molar-refractivity contribution in [3.05, 3.63) is 0 Å². The topological polar surface area (TPSA) is 55.4 Å². The molecule has 0 aliphatic heterocycles. The molecule has 0 saturated carbocycles. The van der Waals surface area contributed by atoms with E-state index in [1.54, 1.807) is 0 Å². The van der Waals surface area contributed by atoms with Gasteiger partial charge in [-0.25, -0.2) is 0 Å². The van der Waals surface area contributed by atoms with Crippen LogP contribution < -0.4 is 0 Å². The molecular weight excluding hydrogens is 446 g/mol. The van der Waals surface area contributed by atoms with E-state index in [4.69, 9.17) is 27.1 Å². The summed E-state index contributed by atoms with van der Waals surface area (Å²) in [7, 11) is -2.52. The Morgan fingerprint density at radius 3 is 0.844 bits per heavy atom. The molecule has 0 radical (unpaired) electrons. The molecule has 32 heavy (non-hydrogen) atoms. The van der Waals surface area contributed by atoms with Gasteiger partial charge in [0.25, 0.3) is 0 Å². The summed E-state index contributed by atoms with van der Waals surface area (Å²) >= 11 is 0. The van der Waals surface area contributed by atoms with Gasteiger partial charge in [-0.15, -0.1) is 0 Å². The monoisotopic (exact) mass is 500 g/mol. The average Bonchev–Trinajstić information content (AvgIpc) is 2.57. The molecule has 0 heterocycles. The Kier molecular flexibility index (Phi) is 17.7. The third kappa shape index (κ3) is 23.8. The van der Waals surface area contributed by atoms with Crippen molar-refractivity contribution in [3.63, 3.8) is 0 Å². The molecule has 0 aromatic carbocycles. The van der Waals surface area contributed by atoms with Gasteiger partial charge in [0.05, 0.1) is 35.1 Å². The highest BCUT2D eigenvalue weighted by molar-refractivity contribution is 7.42. The van der Waals surface area contributed by atoms with Gasteiger partial charge in [-0.2, -0.15) is 0 Å². The summed E-state index contributed by atoms with van der Waals surface area (Å²) in [6, 6.07) is 0. The minimum Gasteiger partial charge on any atom is -0.309 e. The van der Waals surface area contributed by atoms with Gasteiger partial charge in [-0.1, -0.05) is 20.8 Å². The van der Waals surface area contributed by atoms with Crippen LogP contribution in [-0.4, -0.2) is 35.1 Å². The van der Waals surface area contributed by atoms with Crippen molar-refractivity contribution in [3.8, 4) is 0 Å². The molecule has 0 N–H and O–H groups in total. The molecular formula is C24H54O6P2. The van der Waals surface area contributed by atoms with E-state index in [0.29, 0.717) is 0 Å². The molecule has 0 amide bonds. The van der Waals surface area contributed by atoms with Crippen LogP contribution in [0.4, 0.5) is 0 Å². The van der Waals surface area contributed by atoms with E-state index in [9.17, 15) is 0 Å². The Morgan fingerprint density at radius 1 is 0.469 bits per heavy atom. The Bertz CT molecular complexity index is 390. The highest BCUT2D eigenvalue weighted by Crippen LogP contribution is 2.50. The zero-order valence-electron chi connectivity index (χ0n) is 23.7. The van der Waals surface area contributed by atoms with Gasteiger partial charge < -0.3 is 27.1 Å². The molecule has 3 atom stereocenters. The van der Waals surface area contributed by atoms with Gasteiger partial charge in [-0.3, -0.25) is 0 Å². The predicted octanol–water partition coefficient (Wildman–Crippen LogP) is 9.32. The van der Waals surface area contributed by atoms with E-state index in [1.807, 2.05) is 62.3 Å². The van der Waals surface area contributed by atoms with E-state index in [2.05, 4.69) is 41.5 Å². The van der Waals surface area contributed by atoms with Crippen molar-refractivity contribution in [1.82, 2.24) is 0 Å². The first-order chi connectivity index (χ1) is 14.3. The van der Waals surface area contributed by atoms with Gasteiger partial charge in [0.15, 0.2) is 0 Å². The second-order valence-electron chi connectivity index (χ2n) is 11.0. The van der Waals surface area contributed by atoms with Crippen LogP contribution in [-0.2, 0) is 27.1 Å². The minimum atomic E-state index is -1.32. The fraction of sp³-hybridized carbons (Fsp3) is 1.00. The van der Waals surface area contributed by atoms with Crippen molar-refractivity contribution in [1.29, 1.82) is 0 Å². The number of hydrogen-bond acceptors (Lipinski definition) is 6. The van der Waals surface area contributed by atoms with Crippen LogP contribution in [0.3, 0.4) is 0 Å². The maximum Gasteiger partial charge on any atom is 0.334 e. The zero-order chi connectivity index (χ0) is 25.8. The predicted molar refractivity (Wildman–Crippen MR) is 139 cm³/mol. The largest absolute Gasteiger partial charge is 0.334 e. The van der Waals surface area contributed by atoms with Crippen LogP contribution in [0.2, 0.25) is 0 Å². The van der Waals surface area contributed by atoms with Crippen LogP contribution in [0.5, 0.6) is 0 Å². The third-order valence-corrected chi connectivity index (χ3v) is 7.25. The quantitative estimate of drug-likeness (QED) is 0.249. The molecule has 0 aliphatic carbocycles. The molecule has 0 saturated heterocycles. The first kappa shape index (κ1) is 34.8. The van der Waals surface area contributed by atoms with Gasteiger partial charge >= 0.3 is 17.2 Å². The molecule has 0 spiro atoms. The van der Waals surface area contributed by atoms with Crippen molar-refractivity contribution >= 4 is 17.2 Å². The van der Waals surface area contributed by atoms with Crippen molar-refractivity contribution in [2.24, 2.45) is 0 Å². The fourth-order valence-electron chi connectivity index (χ4n) is 1.47. The summed E-state index contributed by atoms with van der Waals surface area (Å²) in [6.45, 7) is 30.5. The molecule has 0 aliphatic rings. The first-order valence-electron chi connectivity index (χ1n) is 12.0. The molecule has 0 bridgehead atoms. The molecule has 8 heteroatoms. The minimum absolute atomic E-state index is 0.194. The second-order valence-corrected chi connectivity index (χ2v) is 13.1. The van der Waals surface area contributed by atoms with Gasteiger partial charge in [-0.05, 0) is 102 Å². The Labute approximate surface area is 202 Å².